The van der Waals surface area contributed by atoms with Crippen LogP contribution in [0.3, 0.4) is 0 Å². The first-order valence-corrected chi connectivity index (χ1v) is 11.8. The molecule has 0 saturated carbocycles. The first-order chi connectivity index (χ1) is 14.8. The van der Waals surface area contributed by atoms with Gasteiger partial charge in [0, 0.05) is 23.0 Å². The van der Waals surface area contributed by atoms with E-state index in [-0.39, 0.29) is 17.6 Å². The maximum Gasteiger partial charge on any atom is 0.242 e. The number of benzene rings is 2. The van der Waals surface area contributed by atoms with Gasteiger partial charge in [-0.15, -0.1) is 11.8 Å². The molecule has 0 spiro atoms. The third-order valence-corrected chi connectivity index (χ3v) is 5.98. The van der Waals surface area contributed by atoms with Gasteiger partial charge < -0.3 is 15.0 Å². The molecule has 2 aromatic carbocycles. The normalized spacial score (nSPS) is 11.8. The predicted molar refractivity (Wildman–Crippen MR) is 128 cm³/mol. The number of hydrogen-bond acceptors (Lipinski definition) is 4. The fraction of sp³-hybridized carbons (Fsp3) is 0.417. The number of thioether (sulfide) groups is 1. The van der Waals surface area contributed by atoms with Gasteiger partial charge in [0.2, 0.25) is 11.8 Å². The topological polar surface area (TPSA) is 58.6 Å². The smallest absolute Gasteiger partial charge is 0.242 e. The van der Waals surface area contributed by atoms with Crippen LogP contribution in [0.5, 0.6) is 5.75 Å². The highest BCUT2D eigenvalue weighted by Gasteiger charge is 2.28. The summed E-state index contributed by atoms with van der Waals surface area (Å²) in [7, 11) is 1.61. The molecule has 0 aromatic heterocycles. The van der Waals surface area contributed by atoms with Gasteiger partial charge in [-0.05, 0) is 54.3 Å². The van der Waals surface area contributed by atoms with Gasteiger partial charge in [-0.25, -0.2) is 0 Å². The summed E-state index contributed by atoms with van der Waals surface area (Å²) in [6, 6.07) is 14.4. The van der Waals surface area contributed by atoms with Crippen LogP contribution in [-0.4, -0.2) is 42.2 Å². The number of amides is 2. The number of rotatable bonds is 11. The third kappa shape index (κ3) is 8.11. The van der Waals surface area contributed by atoms with Gasteiger partial charge in [0.15, 0.2) is 0 Å². The Kier molecular flexibility index (Phi) is 10.2. The molecule has 0 radical (unpaired) electrons. The van der Waals surface area contributed by atoms with E-state index >= 15 is 0 Å². The number of ether oxygens (including phenoxy) is 1. The monoisotopic (exact) mass is 462 g/mol. The highest BCUT2D eigenvalue weighted by atomic mass is 35.5. The number of hydrogen-bond donors (Lipinski definition) is 1. The Balaban J connectivity index is 2.20. The Morgan fingerprint density at radius 2 is 1.87 bits per heavy atom. The minimum absolute atomic E-state index is 0.0886. The fourth-order valence-electron chi connectivity index (χ4n) is 3.07. The van der Waals surface area contributed by atoms with Crippen molar-refractivity contribution < 1.29 is 14.3 Å². The lowest BCUT2D eigenvalue weighted by Gasteiger charge is -2.31. The molecular formula is C24H31ClN2O3S. The Bertz CT molecular complexity index is 858. The molecule has 0 bridgehead atoms. The molecule has 1 unspecified atom stereocenters. The number of nitrogens with one attached hydrogen (secondary N) is 1. The number of halogens is 1. The Hall–Kier alpha value is -2.18. The summed E-state index contributed by atoms with van der Waals surface area (Å²) in [6.07, 6.45) is 0.533. The summed E-state index contributed by atoms with van der Waals surface area (Å²) in [5.74, 6) is 1.08. The Labute approximate surface area is 194 Å². The van der Waals surface area contributed by atoms with Crippen LogP contribution in [0.15, 0.2) is 53.4 Å². The van der Waals surface area contributed by atoms with Crippen molar-refractivity contribution in [2.75, 3.05) is 19.4 Å². The molecule has 0 heterocycles. The van der Waals surface area contributed by atoms with E-state index in [9.17, 15) is 9.59 Å². The Morgan fingerprint density at radius 3 is 2.48 bits per heavy atom. The molecule has 0 aliphatic carbocycles. The van der Waals surface area contributed by atoms with Gasteiger partial charge >= 0.3 is 0 Å². The largest absolute Gasteiger partial charge is 0.497 e. The highest BCUT2D eigenvalue weighted by Crippen LogP contribution is 2.23. The molecule has 168 valence electrons. The third-order valence-electron chi connectivity index (χ3n) is 4.73. The van der Waals surface area contributed by atoms with Crippen LogP contribution in [-0.2, 0) is 16.1 Å². The second-order valence-electron chi connectivity index (χ2n) is 7.68. The van der Waals surface area contributed by atoms with E-state index in [4.69, 9.17) is 16.3 Å². The standard InChI is InChI=1S/C24H31ClN2O3S/c1-5-22(24(29)26-14-17(2)3)27(15-18-7-6-8-20(13-18)30-4)23(28)16-31-21-11-9-19(25)10-12-21/h6-13,17,22H,5,14-16H2,1-4H3,(H,26,29). The van der Waals surface area contributed by atoms with E-state index in [1.807, 2.05) is 57.2 Å². The zero-order valence-corrected chi connectivity index (χ0v) is 20.1. The first kappa shape index (κ1) is 25.1. The number of nitrogens with zero attached hydrogens (tertiary/aromatic N) is 1. The van der Waals surface area contributed by atoms with E-state index in [0.717, 1.165) is 16.2 Å². The average Bonchev–Trinajstić information content (AvgIpc) is 2.77. The van der Waals surface area contributed by atoms with Crippen LogP contribution < -0.4 is 10.1 Å². The first-order valence-electron chi connectivity index (χ1n) is 10.4. The van der Waals surface area contributed by atoms with Crippen molar-refractivity contribution in [3.63, 3.8) is 0 Å². The van der Waals surface area contributed by atoms with Crippen LogP contribution in [0.25, 0.3) is 0 Å². The van der Waals surface area contributed by atoms with Crippen molar-refractivity contribution in [2.24, 2.45) is 5.92 Å². The number of carbonyl (C=O) groups excluding carboxylic acids is 2. The van der Waals surface area contributed by atoms with Gasteiger partial charge in [-0.2, -0.15) is 0 Å². The average molecular weight is 463 g/mol. The summed E-state index contributed by atoms with van der Waals surface area (Å²) in [5, 5.41) is 3.63. The SMILES string of the molecule is CCC(C(=O)NCC(C)C)N(Cc1cccc(OC)c1)C(=O)CSc1ccc(Cl)cc1. The lowest BCUT2D eigenvalue weighted by molar-refractivity contribution is -0.139. The van der Waals surface area contributed by atoms with E-state index in [0.29, 0.717) is 30.5 Å². The molecule has 2 rings (SSSR count). The van der Waals surface area contributed by atoms with Crippen molar-refractivity contribution in [1.29, 1.82) is 0 Å². The van der Waals surface area contributed by atoms with Crippen molar-refractivity contribution >= 4 is 35.2 Å². The summed E-state index contributed by atoms with van der Waals surface area (Å²) < 4.78 is 5.31. The highest BCUT2D eigenvalue weighted by molar-refractivity contribution is 8.00. The van der Waals surface area contributed by atoms with Crippen molar-refractivity contribution in [3.05, 3.63) is 59.1 Å². The van der Waals surface area contributed by atoms with Crippen LogP contribution in [0.1, 0.15) is 32.8 Å². The Morgan fingerprint density at radius 1 is 1.16 bits per heavy atom. The summed E-state index contributed by atoms with van der Waals surface area (Å²) in [6.45, 7) is 6.94. The van der Waals surface area contributed by atoms with Gasteiger partial charge in [0.25, 0.3) is 0 Å². The molecule has 1 atom stereocenters. The molecular weight excluding hydrogens is 432 g/mol. The van der Waals surface area contributed by atoms with Crippen LogP contribution in [0, 0.1) is 5.92 Å². The lowest BCUT2D eigenvalue weighted by atomic mass is 10.1. The van der Waals surface area contributed by atoms with Crippen molar-refractivity contribution in [1.82, 2.24) is 10.2 Å². The van der Waals surface area contributed by atoms with E-state index in [1.165, 1.54) is 11.8 Å². The summed E-state index contributed by atoms with van der Waals surface area (Å²) in [5.41, 5.74) is 0.916. The minimum Gasteiger partial charge on any atom is -0.497 e. The zero-order valence-electron chi connectivity index (χ0n) is 18.6. The molecule has 0 fully saturated rings. The molecule has 2 amide bonds. The zero-order chi connectivity index (χ0) is 22.8. The molecule has 7 heteroatoms. The van der Waals surface area contributed by atoms with E-state index < -0.39 is 6.04 Å². The van der Waals surface area contributed by atoms with Crippen LogP contribution >= 0.6 is 23.4 Å². The summed E-state index contributed by atoms with van der Waals surface area (Å²) >= 11 is 7.38. The number of methoxy groups -OCH3 is 1. The molecule has 31 heavy (non-hydrogen) atoms. The van der Waals surface area contributed by atoms with Gasteiger partial charge in [0.1, 0.15) is 11.8 Å². The lowest BCUT2D eigenvalue weighted by Crippen LogP contribution is -2.50. The predicted octanol–water partition coefficient (Wildman–Crippen LogP) is 5.02. The maximum atomic E-state index is 13.3. The van der Waals surface area contributed by atoms with E-state index in [2.05, 4.69) is 5.32 Å². The summed E-state index contributed by atoms with van der Waals surface area (Å²) in [4.78, 5) is 28.8. The molecule has 0 saturated heterocycles. The molecule has 5 nitrogen and oxygen atoms in total. The molecule has 2 aromatic rings. The fourth-order valence-corrected chi connectivity index (χ4v) is 3.98. The second kappa shape index (κ2) is 12.6. The van der Waals surface area contributed by atoms with Crippen molar-refractivity contribution in [2.45, 2.75) is 44.7 Å². The molecule has 0 aliphatic heterocycles. The second-order valence-corrected chi connectivity index (χ2v) is 9.16. The van der Waals surface area contributed by atoms with Crippen molar-refractivity contribution in [3.8, 4) is 5.75 Å². The minimum atomic E-state index is -0.539. The van der Waals surface area contributed by atoms with Gasteiger partial charge in [0.05, 0.1) is 12.9 Å². The van der Waals surface area contributed by atoms with Gasteiger partial charge in [-0.3, -0.25) is 9.59 Å². The maximum absolute atomic E-state index is 13.3. The number of carbonyl (C=O) groups is 2. The molecule has 0 aliphatic rings. The van der Waals surface area contributed by atoms with Gasteiger partial charge in [-0.1, -0.05) is 44.5 Å². The van der Waals surface area contributed by atoms with Crippen LogP contribution in [0.4, 0.5) is 0 Å². The van der Waals surface area contributed by atoms with Crippen LogP contribution in [0.2, 0.25) is 5.02 Å². The quantitative estimate of drug-likeness (QED) is 0.476. The molecule has 1 N–H and O–H groups in total. The van der Waals surface area contributed by atoms with E-state index in [1.54, 1.807) is 24.1 Å².